The Balaban J connectivity index is 1.64. The van der Waals surface area contributed by atoms with Crippen LogP contribution >= 0.6 is 0 Å². The lowest BCUT2D eigenvalue weighted by Crippen LogP contribution is -2.67. The maximum atomic E-state index is 14.4. The van der Waals surface area contributed by atoms with E-state index in [1.54, 1.807) is 7.11 Å². The zero-order valence-electron chi connectivity index (χ0n) is 21.7. The van der Waals surface area contributed by atoms with Gasteiger partial charge < -0.3 is 24.8 Å². The van der Waals surface area contributed by atoms with Crippen molar-refractivity contribution in [2.75, 3.05) is 12.4 Å². The highest BCUT2D eigenvalue weighted by molar-refractivity contribution is 6.14. The van der Waals surface area contributed by atoms with Crippen LogP contribution in [-0.4, -0.2) is 51.9 Å². The highest BCUT2D eigenvalue weighted by Gasteiger charge is 2.51. The van der Waals surface area contributed by atoms with Gasteiger partial charge in [-0.3, -0.25) is 14.4 Å². The van der Waals surface area contributed by atoms with Crippen molar-refractivity contribution in [1.29, 1.82) is 0 Å². The van der Waals surface area contributed by atoms with Crippen LogP contribution in [0.3, 0.4) is 0 Å². The predicted octanol–water partition coefficient (Wildman–Crippen LogP) is 4.60. The van der Waals surface area contributed by atoms with Crippen molar-refractivity contribution in [3.63, 3.8) is 0 Å². The Morgan fingerprint density at radius 1 is 1.03 bits per heavy atom. The molecule has 3 amide bonds. The molecule has 3 aliphatic rings. The van der Waals surface area contributed by atoms with Crippen LogP contribution in [0.2, 0.25) is 0 Å². The van der Waals surface area contributed by atoms with E-state index in [0.717, 1.165) is 68.7 Å². The second-order valence-electron chi connectivity index (χ2n) is 10.9. The molecule has 1 atom stereocenters. The fraction of sp³-hybridized carbons (Fsp3) is 0.607. The molecule has 8 nitrogen and oxygen atoms in total. The number of carbonyl (C=O) groups is 3. The lowest BCUT2D eigenvalue weighted by molar-refractivity contribution is -0.135. The molecule has 8 heteroatoms. The van der Waals surface area contributed by atoms with E-state index in [2.05, 4.69) is 10.6 Å². The summed E-state index contributed by atoms with van der Waals surface area (Å²) in [6, 6.07) is 5.77. The molecule has 0 radical (unpaired) electrons. The first-order valence-corrected chi connectivity index (χ1v) is 13.5. The van der Waals surface area contributed by atoms with Crippen molar-refractivity contribution < 1.29 is 19.1 Å². The normalized spacial score (nSPS) is 23.4. The van der Waals surface area contributed by atoms with Crippen LogP contribution in [0.25, 0.3) is 10.9 Å². The predicted molar refractivity (Wildman–Crippen MR) is 139 cm³/mol. The summed E-state index contributed by atoms with van der Waals surface area (Å²) in [6.07, 6.45) is 10.5. The molecule has 2 aliphatic carbocycles. The number of nitrogens with zero attached hydrogens (tertiary/aromatic N) is 2. The second-order valence-corrected chi connectivity index (χ2v) is 10.9. The molecule has 2 heterocycles. The molecular weight excluding hydrogens is 456 g/mol. The summed E-state index contributed by atoms with van der Waals surface area (Å²) in [7, 11) is 1.60. The Morgan fingerprint density at radius 3 is 2.33 bits per heavy atom. The third kappa shape index (κ3) is 4.24. The number of fused-ring (bicyclic) bond motifs is 3. The molecule has 0 saturated heterocycles. The lowest BCUT2D eigenvalue weighted by Gasteiger charge is -2.49. The summed E-state index contributed by atoms with van der Waals surface area (Å²) in [5, 5.41) is 6.98. The number of aromatic nitrogens is 1. The Kier molecular flexibility index (Phi) is 6.70. The van der Waals surface area contributed by atoms with Crippen LogP contribution < -0.4 is 15.4 Å². The molecule has 194 valence electrons. The molecule has 1 unspecified atom stereocenters. The number of anilines is 1. The smallest absolute Gasteiger partial charge is 0.273 e. The van der Waals surface area contributed by atoms with Gasteiger partial charge in [0.25, 0.3) is 5.91 Å². The van der Waals surface area contributed by atoms with Gasteiger partial charge in [-0.15, -0.1) is 0 Å². The second kappa shape index (κ2) is 9.79. The summed E-state index contributed by atoms with van der Waals surface area (Å²) in [4.78, 5) is 42.5. The molecule has 0 bridgehead atoms. The van der Waals surface area contributed by atoms with Crippen LogP contribution in [-0.2, 0) is 16.1 Å². The third-order valence-corrected chi connectivity index (χ3v) is 8.36. The van der Waals surface area contributed by atoms with E-state index in [4.69, 9.17) is 4.74 Å². The van der Waals surface area contributed by atoms with E-state index in [9.17, 15) is 14.4 Å². The Hall–Kier alpha value is -3.03. The topological polar surface area (TPSA) is 92.7 Å². The first-order valence-electron chi connectivity index (χ1n) is 13.5. The quantitative estimate of drug-likeness (QED) is 0.635. The number of methoxy groups -OCH3 is 1. The van der Waals surface area contributed by atoms with E-state index < -0.39 is 5.54 Å². The first-order chi connectivity index (χ1) is 17.3. The van der Waals surface area contributed by atoms with E-state index in [1.807, 2.05) is 34.6 Å². The molecule has 2 saturated carbocycles. The molecule has 1 aliphatic heterocycles. The Morgan fingerprint density at radius 2 is 1.69 bits per heavy atom. The maximum absolute atomic E-state index is 14.4. The van der Waals surface area contributed by atoms with Gasteiger partial charge in [0.2, 0.25) is 11.8 Å². The van der Waals surface area contributed by atoms with Gasteiger partial charge in [0.05, 0.1) is 24.9 Å². The van der Waals surface area contributed by atoms with Gasteiger partial charge in [0.15, 0.2) is 0 Å². The standard InChI is InChI=1S/C28H38N4O4/c1-18(33)29-24-22-16-21(36-3)14-15-23(22)31-17-28(2,27(35)30-19-10-6-4-7-11-19)32(26(34)25(24)31)20-12-8-5-9-13-20/h14-16,19-20H,4-13,17H2,1-3H3,(H,29,33)(H,30,35). The molecule has 1 aromatic carbocycles. The van der Waals surface area contributed by atoms with Gasteiger partial charge in [-0.25, -0.2) is 0 Å². The molecular formula is C28H38N4O4. The molecule has 0 spiro atoms. The van der Waals surface area contributed by atoms with Crippen LogP contribution in [0.4, 0.5) is 5.69 Å². The summed E-state index contributed by atoms with van der Waals surface area (Å²) in [5.41, 5.74) is 0.727. The van der Waals surface area contributed by atoms with Crippen LogP contribution in [0.1, 0.15) is 88.5 Å². The molecule has 2 fully saturated rings. The van der Waals surface area contributed by atoms with E-state index >= 15 is 0 Å². The van der Waals surface area contributed by atoms with Crippen molar-refractivity contribution in [2.24, 2.45) is 0 Å². The van der Waals surface area contributed by atoms with E-state index in [1.165, 1.54) is 13.3 Å². The van der Waals surface area contributed by atoms with E-state index in [0.29, 0.717) is 23.7 Å². The third-order valence-electron chi connectivity index (χ3n) is 8.36. The zero-order chi connectivity index (χ0) is 25.4. The number of amides is 3. The Labute approximate surface area is 212 Å². The van der Waals surface area contributed by atoms with Gasteiger partial charge in [-0.1, -0.05) is 38.5 Å². The van der Waals surface area contributed by atoms with Gasteiger partial charge in [0.1, 0.15) is 17.0 Å². The maximum Gasteiger partial charge on any atom is 0.273 e. The SMILES string of the molecule is COc1ccc2c(c1)c(NC(C)=O)c1n2CC(C)(C(=O)NC2CCCCC2)N(C2CCCCC2)C1=O. The minimum atomic E-state index is -1.02. The van der Waals surface area contributed by atoms with Gasteiger partial charge in [0, 0.05) is 24.4 Å². The largest absolute Gasteiger partial charge is 0.497 e. The number of hydrogen-bond donors (Lipinski definition) is 2. The van der Waals surface area contributed by atoms with Crippen LogP contribution in [0, 0.1) is 0 Å². The summed E-state index contributed by atoms with van der Waals surface area (Å²) in [6.45, 7) is 3.71. The number of carbonyl (C=O) groups excluding carboxylic acids is 3. The minimum absolute atomic E-state index is 0.000155. The Bertz CT molecular complexity index is 1180. The summed E-state index contributed by atoms with van der Waals surface area (Å²) in [5.74, 6) is 0.142. The number of ether oxygens (including phenoxy) is 1. The molecule has 2 N–H and O–H groups in total. The van der Waals surface area contributed by atoms with Crippen molar-refractivity contribution in [1.82, 2.24) is 14.8 Å². The highest BCUT2D eigenvalue weighted by atomic mass is 16.5. The van der Waals surface area contributed by atoms with Crippen molar-refractivity contribution in [3.05, 3.63) is 23.9 Å². The monoisotopic (exact) mass is 494 g/mol. The van der Waals surface area contributed by atoms with Crippen LogP contribution in [0.5, 0.6) is 5.75 Å². The molecule has 1 aromatic heterocycles. The molecule has 2 aromatic rings. The van der Waals surface area contributed by atoms with Gasteiger partial charge >= 0.3 is 0 Å². The average molecular weight is 495 g/mol. The first kappa shape index (κ1) is 24.7. The fourth-order valence-corrected chi connectivity index (χ4v) is 6.55. The van der Waals surface area contributed by atoms with Crippen molar-refractivity contribution in [2.45, 2.75) is 102 Å². The average Bonchev–Trinajstić information content (AvgIpc) is 3.17. The number of benzene rings is 1. The fourth-order valence-electron chi connectivity index (χ4n) is 6.55. The van der Waals surface area contributed by atoms with Crippen molar-refractivity contribution >= 4 is 34.3 Å². The number of hydrogen-bond acceptors (Lipinski definition) is 4. The van der Waals surface area contributed by atoms with Gasteiger partial charge in [-0.2, -0.15) is 0 Å². The van der Waals surface area contributed by atoms with Crippen LogP contribution in [0.15, 0.2) is 18.2 Å². The summed E-state index contributed by atoms with van der Waals surface area (Å²) >= 11 is 0. The number of nitrogens with one attached hydrogen (secondary N) is 2. The lowest BCUT2D eigenvalue weighted by atomic mass is 9.86. The molecule has 5 rings (SSSR count). The number of rotatable bonds is 5. The molecule has 36 heavy (non-hydrogen) atoms. The van der Waals surface area contributed by atoms with E-state index in [-0.39, 0.29) is 29.8 Å². The minimum Gasteiger partial charge on any atom is -0.497 e. The van der Waals surface area contributed by atoms with Crippen molar-refractivity contribution in [3.8, 4) is 5.75 Å². The summed E-state index contributed by atoms with van der Waals surface area (Å²) < 4.78 is 7.37. The zero-order valence-corrected chi connectivity index (χ0v) is 21.7. The van der Waals surface area contributed by atoms with Gasteiger partial charge in [-0.05, 0) is 50.8 Å². The highest BCUT2D eigenvalue weighted by Crippen LogP contribution is 2.42.